The molecular formula is C20H21NO5. The topological polar surface area (TPSA) is 65.1 Å². The molecule has 4 aliphatic rings. The van der Waals surface area contributed by atoms with Crippen LogP contribution in [0.2, 0.25) is 0 Å². The molecule has 6 heteroatoms. The monoisotopic (exact) mass is 355 g/mol. The van der Waals surface area contributed by atoms with E-state index in [4.69, 9.17) is 14.2 Å². The third-order valence-corrected chi connectivity index (χ3v) is 6.54. The highest BCUT2D eigenvalue weighted by Crippen LogP contribution is 2.62. The summed E-state index contributed by atoms with van der Waals surface area (Å²) in [6.07, 6.45) is 5.89. The standard InChI is InChI=1S/C20H21NO5/c1-11(23)25-16-6-4-13-14-9-12-3-5-15(24-2)18-17(12)20(13,19(16)26-18)7-8-21(14)10-22/h3-6,10,13-14,16,19H,7-9H2,1-2H3/t13-,14+,16+,19-,20-/m1/s1. The van der Waals surface area contributed by atoms with Crippen molar-refractivity contribution in [1.29, 1.82) is 0 Å². The number of hydrogen-bond donors (Lipinski definition) is 0. The molecular weight excluding hydrogens is 334 g/mol. The molecule has 6 nitrogen and oxygen atoms in total. The van der Waals surface area contributed by atoms with E-state index in [-0.39, 0.29) is 29.4 Å². The SMILES string of the molecule is COc1ccc2c3c1O[C@@H]1[C@@H](OC(C)=O)C=C[C@@H]4[C@H](C2)N(C=O)CC[C@]341. The van der Waals surface area contributed by atoms with Crippen molar-refractivity contribution in [2.24, 2.45) is 5.92 Å². The summed E-state index contributed by atoms with van der Waals surface area (Å²) in [6, 6.07) is 4.12. The molecule has 1 saturated heterocycles. The van der Waals surface area contributed by atoms with Crippen molar-refractivity contribution in [3.8, 4) is 11.5 Å². The van der Waals surface area contributed by atoms with Gasteiger partial charge < -0.3 is 19.1 Å². The van der Waals surface area contributed by atoms with Crippen LogP contribution in [-0.2, 0) is 26.2 Å². The number of carbonyl (C=O) groups excluding carboxylic acids is 2. The number of benzene rings is 1. The van der Waals surface area contributed by atoms with Crippen molar-refractivity contribution < 1.29 is 23.8 Å². The molecule has 136 valence electrons. The van der Waals surface area contributed by atoms with E-state index >= 15 is 0 Å². The summed E-state index contributed by atoms with van der Waals surface area (Å²) >= 11 is 0. The first-order chi connectivity index (χ1) is 12.6. The Labute approximate surface area is 151 Å². The molecule has 5 rings (SSSR count). The molecule has 2 aliphatic carbocycles. The summed E-state index contributed by atoms with van der Waals surface area (Å²) in [5.74, 6) is 1.32. The van der Waals surface area contributed by atoms with Gasteiger partial charge in [-0.25, -0.2) is 0 Å². The second kappa shape index (κ2) is 5.25. The Morgan fingerprint density at radius 2 is 2.23 bits per heavy atom. The summed E-state index contributed by atoms with van der Waals surface area (Å²) < 4.78 is 17.6. The number of methoxy groups -OCH3 is 1. The number of esters is 1. The van der Waals surface area contributed by atoms with Crippen LogP contribution >= 0.6 is 0 Å². The number of likely N-dealkylation sites (tertiary alicyclic amines) is 1. The molecule has 0 unspecified atom stereocenters. The average Bonchev–Trinajstić information content (AvgIpc) is 2.97. The van der Waals surface area contributed by atoms with Gasteiger partial charge in [0.25, 0.3) is 0 Å². The van der Waals surface area contributed by atoms with Crippen molar-refractivity contribution in [3.05, 3.63) is 35.4 Å². The fraction of sp³-hybridized carbons (Fsp3) is 0.500. The van der Waals surface area contributed by atoms with Crippen molar-refractivity contribution in [3.63, 3.8) is 0 Å². The Morgan fingerprint density at radius 3 is 2.96 bits per heavy atom. The summed E-state index contributed by atoms with van der Waals surface area (Å²) in [4.78, 5) is 25.2. The van der Waals surface area contributed by atoms with Crippen LogP contribution in [0, 0.1) is 5.92 Å². The zero-order valence-electron chi connectivity index (χ0n) is 14.8. The van der Waals surface area contributed by atoms with Crippen molar-refractivity contribution in [1.82, 2.24) is 4.90 Å². The first-order valence-corrected chi connectivity index (χ1v) is 9.03. The average molecular weight is 355 g/mol. The van der Waals surface area contributed by atoms with Crippen LogP contribution in [-0.4, -0.2) is 49.2 Å². The molecule has 0 N–H and O–H groups in total. The summed E-state index contributed by atoms with van der Waals surface area (Å²) in [6.45, 7) is 2.10. The molecule has 2 aliphatic heterocycles. The minimum Gasteiger partial charge on any atom is -0.493 e. The number of piperidine rings is 1. The quantitative estimate of drug-likeness (QED) is 0.468. The van der Waals surface area contributed by atoms with Gasteiger partial charge in [0.15, 0.2) is 17.6 Å². The number of nitrogens with zero attached hydrogens (tertiary/aromatic N) is 1. The van der Waals surface area contributed by atoms with E-state index < -0.39 is 6.10 Å². The van der Waals surface area contributed by atoms with E-state index in [9.17, 15) is 9.59 Å². The molecule has 1 fully saturated rings. The maximum atomic E-state index is 11.6. The highest BCUT2D eigenvalue weighted by molar-refractivity contribution is 5.68. The molecule has 1 aromatic rings. The Morgan fingerprint density at radius 1 is 1.38 bits per heavy atom. The lowest BCUT2D eigenvalue weighted by Crippen LogP contribution is -2.65. The molecule has 2 heterocycles. The van der Waals surface area contributed by atoms with Gasteiger partial charge in [0.1, 0.15) is 6.10 Å². The number of carbonyl (C=O) groups is 2. The number of amides is 1. The molecule has 1 amide bonds. The molecule has 2 bridgehead atoms. The predicted octanol–water partition coefficient (Wildman–Crippen LogP) is 1.60. The Kier molecular flexibility index (Phi) is 3.18. The third kappa shape index (κ3) is 1.77. The Hall–Kier alpha value is -2.50. The summed E-state index contributed by atoms with van der Waals surface area (Å²) in [7, 11) is 1.64. The van der Waals surface area contributed by atoms with E-state index in [1.165, 1.54) is 18.1 Å². The molecule has 1 aromatic carbocycles. The predicted molar refractivity (Wildman–Crippen MR) is 92.2 cm³/mol. The second-order valence-corrected chi connectivity index (χ2v) is 7.56. The maximum Gasteiger partial charge on any atom is 0.303 e. The van der Waals surface area contributed by atoms with Crippen LogP contribution in [0.5, 0.6) is 11.5 Å². The van der Waals surface area contributed by atoms with Gasteiger partial charge in [0, 0.05) is 31.0 Å². The summed E-state index contributed by atoms with van der Waals surface area (Å²) in [5, 5.41) is 0. The second-order valence-electron chi connectivity index (χ2n) is 7.56. The number of hydrogen-bond acceptors (Lipinski definition) is 5. The minimum absolute atomic E-state index is 0.105. The van der Waals surface area contributed by atoms with E-state index in [1.54, 1.807) is 7.11 Å². The Balaban J connectivity index is 1.73. The number of rotatable bonds is 3. The highest BCUT2D eigenvalue weighted by Gasteiger charge is 2.65. The molecule has 26 heavy (non-hydrogen) atoms. The lowest BCUT2D eigenvalue weighted by molar-refractivity contribution is -0.152. The van der Waals surface area contributed by atoms with Crippen LogP contribution in [0.4, 0.5) is 0 Å². The van der Waals surface area contributed by atoms with E-state index in [1.807, 2.05) is 17.0 Å². The molecule has 0 aromatic heterocycles. The van der Waals surface area contributed by atoms with Crippen LogP contribution in [0.25, 0.3) is 0 Å². The van der Waals surface area contributed by atoms with E-state index in [2.05, 4.69) is 12.1 Å². The van der Waals surface area contributed by atoms with Gasteiger partial charge in [-0.15, -0.1) is 0 Å². The van der Waals surface area contributed by atoms with Gasteiger partial charge in [0.2, 0.25) is 6.41 Å². The van der Waals surface area contributed by atoms with E-state index in [0.29, 0.717) is 12.3 Å². The zero-order valence-corrected chi connectivity index (χ0v) is 14.8. The lowest BCUT2D eigenvalue weighted by Gasteiger charge is -2.56. The molecule has 1 spiro atoms. The van der Waals surface area contributed by atoms with Gasteiger partial charge in [-0.2, -0.15) is 0 Å². The van der Waals surface area contributed by atoms with Crippen LogP contribution in [0.3, 0.4) is 0 Å². The molecule has 5 atom stereocenters. The zero-order chi connectivity index (χ0) is 18.1. The Bertz CT molecular complexity index is 834. The van der Waals surface area contributed by atoms with Crippen LogP contribution in [0.15, 0.2) is 24.3 Å². The van der Waals surface area contributed by atoms with Gasteiger partial charge in [0.05, 0.1) is 12.5 Å². The smallest absolute Gasteiger partial charge is 0.303 e. The van der Waals surface area contributed by atoms with Gasteiger partial charge in [-0.05, 0) is 30.5 Å². The van der Waals surface area contributed by atoms with Crippen LogP contribution in [0.1, 0.15) is 24.5 Å². The first-order valence-electron chi connectivity index (χ1n) is 9.03. The number of ether oxygens (including phenoxy) is 3. The maximum absolute atomic E-state index is 11.6. The van der Waals surface area contributed by atoms with Crippen molar-refractivity contribution >= 4 is 12.4 Å². The minimum atomic E-state index is -0.435. The molecule has 0 saturated carbocycles. The van der Waals surface area contributed by atoms with Crippen LogP contribution < -0.4 is 9.47 Å². The largest absolute Gasteiger partial charge is 0.493 e. The van der Waals surface area contributed by atoms with Crippen molar-refractivity contribution in [2.75, 3.05) is 13.7 Å². The highest BCUT2D eigenvalue weighted by atomic mass is 16.6. The fourth-order valence-electron chi connectivity index (χ4n) is 5.64. The first kappa shape index (κ1) is 15.7. The van der Waals surface area contributed by atoms with E-state index in [0.717, 1.165) is 25.0 Å². The third-order valence-electron chi connectivity index (χ3n) is 6.54. The fourth-order valence-corrected chi connectivity index (χ4v) is 5.64. The van der Waals surface area contributed by atoms with Gasteiger partial charge >= 0.3 is 5.97 Å². The molecule has 0 radical (unpaired) electrons. The lowest BCUT2D eigenvalue weighted by atomic mass is 9.53. The normalized spacial score (nSPS) is 35.4. The summed E-state index contributed by atoms with van der Waals surface area (Å²) in [5.41, 5.74) is 2.11. The van der Waals surface area contributed by atoms with Gasteiger partial charge in [-0.3, -0.25) is 9.59 Å². The van der Waals surface area contributed by atoms with Crippen molar-refractivity contribution in [2.45, 2.75) is 43.4 Å². The van der Waals surface area contributed by atoms with Gasteiger partial charge in [-0.1, -0.05) is 12.1 Å².